The fraction of sp³-hybridized carbons (Fsp3) is 0.667. The summed E-state index contributed by atoms with van der Waals surface area (Å²) in [6.45, 7) is 3.69. The Morgan fingerprint density at radius 3 is 2.96 bits per heavy atom. The van der Waals surface area contributed by atoms with Crippen LogP contribution >= 0.6 is 0 Å². The molecular formula is C18H26N2O3S. The van der Waals surface area contributed by atoms with Crippen molar-refractivity contribution in [1.82, 2.24) is 9.62 Å². The first-order valence-corrected chi connectivity index (χ1v) is 10.6. The summed E-state index contributed by atoms with van der Waals surface area (Å²) in [7, 11) is -3.07. The first kappa shape index (κ1) is 16.4. The molecule has 0 radical (unpaired) electrons. The van der Waals surface area contributed by atoms with Crippen LogP contribution in [0.25, 0.3) is 0 Å². The average Bonchev–Trinajstić information content (AvgIpc) is 3.33. The third kappa shape index (κ3) is 3.76. The van der Waals surface area contributed by atoms with Gasteiger partial charge in [0.05, 0.1) is 11.9 Å². The topological polar surface area (TPSA) is 58.6 Å². The van der Waals surface area contributed by atoms with E-state index in [9.17, 15) is 8.42 Å². The molecule has 1 aromatic carbocycles. The highest BCUT2D eigenvalue weighted by molar-refractivity contribution is 7.90. The molecule has 3 aliphatic rings. The second-order valence-electron chi connectivity index (χ2n) is 7.29. The van der Waals surface area contributed by atoms with Crippen LogP contribution in [0.1, 0.15) is 36.8 Å². The Labute approximate surface area is 144 Å². The van der Waals surface area contributed by atoms with Gasteiger partial charge in [0.15, 0.2) is 0 Å². The van der Waals surface area contributed by atoms with Crippen molar-refractivity contribution in [2.45, 2.75) is 49.8 Å². The normalized spacial score (nSPS) is 24.6. The summed E-state index contributed by atoms with van der Waals surface area (Å²) in [6, 6.07) is 6.58. The minimum Gasteiger partial charge on any atom is -0.493 e. The van der Waals surface area contributed by atoms with Gasteiger partial charge in [-0.15, -0.1) is 0 Å². The maximum absolute atomic E-state index is 12.1. The van der Waals surface area contributed by atoms with E-state index in [1.165, 1.54) is 11.1 Å². The average molecular weight is 350 g/mol. The Kier molecular flexibility index (Phi) is 4.54. The minimum absolute atomic E-state index is 0.0813. The molecule has 5 nitrogen and oxygen atoms in total. The standard InChI is InChI=1S/C18H26N2O3S/c21-24(22,17-4-5-17)19-16-2-1-9-20(13-16)10-7-14-3-6-18-15(12-14)8-11-23-18/h3,6,12,16-17,19H,1-2,4-5,7-11,13H2. The molecule has 0 aromatic heterocycles. The van der Waals surface area contributed by atoms with E-state index in [1.807, 2.05) is 0 Å². The van der Waals surface area contributed by atoms with Gasteiger partial charge in [-0.2, -0.15) is 0 Å². The van der Waals surface area contributed by atoms with Gasteiger partial charge in [0.2, 0.25) is 10.0 Å². The van der Waals surface area contributed by atoms with Crippen LogP contribution in [0.5, 0.6) is 5.75 Å². The number of likely N-dealkylation sites (tertiary alicyclic amines) is 1. The van der Waals surface area contributed by atoms with Crippen LogP contribution in [0.15, 0.2) is 18.2 Å². The Balaban J connectivity index is 1.30. The second-order valence-corrected chi connectivity index (χ2v) is 9.28. The highest BCUT2D eigenvalue weighted by Gasteiger charge is 2.37. The van der Waals surface area contributed by atoms with Crippen molar-refractivity contribution in [2.75, 3.05) is 26.2 Å². The molecule has 1 atom stereocenters. The van der Waals surface area contributed by atoms with Gasteiger partial charge in [-0.1, -0.05) is 12.1 Å². The van der Waals surface area contributed by atoms with Crippen LogP contribution in [0, 0.1) is 0 Å². The monoisotopic (exact) mass is 350 g/mol. The van der Waals surface area contributed by atoms with Crippen LogP contribution in [0.4, 0.5) is 0 Å². The molecule has 0 bridgehead atoms. The fourth-order valence-electron chi connectivity index (χ4n) is 3.74. The van der Waals surface area contributed by atoms with Crippen molar-refractivity contribution in [1.29, 1.82) is 0 Å². The zero-order chi connectivity index (χ0) is 16.6. The van der Waals surface area contributed by atoms with Crippen LogP contribution in [0.2, 0.25) is 0 Å². The van der Waals surface area contributed by atoms with Gasteiger partial charge in [0.25, 0.3) is 0 Å². The van der Waals surface area contributed by atoms with E-state index in [4.69, 9.17) is 4.74 Å². The number of piperidine rings is 1. The summed E-state index contributed by atoms with van der Waals surface area (Å²) < 4.78 is 32.7. The molecule has 0 spiro atoms. The van der Waals surface area contributed by atoms with Crippen LogP contribution in [-0.2, 0) is 22.9 Å². The SMILES string of the molecule is O=S(=O)(NC1CCCN(CCc2ccc3c(c2)CCO3)C1)C1CC1. The summed E-state index contributed by atoms with van der Waals surface area (Å²) in [5.74, 6) is 1.03. The lowest BCUT2D eigenvalue weighted by Gasteiger charge is -2.33. The predicted molar refractivity (Wildman–Crippen MR) is 93.9 cm³/mol. The molecule has 1 aliphatic carbocycles. The number of benzene rings is 1. The molecule has 1 aromatic rings. The molecule has 1 N–H and O–H groups in total. The quantitative estimate of drug-likeness (QED) is 0.849. The molecule has 1 saturated heterocycles. The van der Waals surface area contributed by atoms with Crippen LogP contribution < -0.4 is 9.46 Å². The van der Waals surface area contributed by atoms with Gasteiger partial charge in [0.1, 0.15) is 5.75 Å². The van der Waals surface area contributed by atoms with Gasteiger partial charge in [0, 0.05) is 25.6 Å². The number of hydrogen-bond donors (Lipinski definition) is 1. The number of sulfonamides is 1. The van der Waals surface area contributed by atoms with E-state index >= 15 is 0 Å². The van der Waals surface area contributed by atoms with Crippen molar-refractivity contribution >= 4 is 10.0 Å². The van der Waals surface area contributed by atoms with Crippen molar-refractivity contribution in [3.63, 3.8) is 0 Å². The zero-order valence-electron chi connectivity index (χ0n) is 14.0. The van der Waals surface area contributed by atoms with Crippen molar-refractivity contribution in [3.05, 3.63) is 29.3 Å². The van der Waals surface area contributed by atoms with Gasteiger partial charge >= 0.3 is 0 Å². The van der Waals surface area contributed by atoms with E-state index in [1.54, 1.807) is 0 Å². The molecule has 1 saturated carbocycles. The molecule has 2 heterocycles. The van der Waals surface area contributed by atoms with E-state index in [-0.39, 0.29) is 11.3 Å². The first-order valence-electron chi connectivity index (χ1n) is 9.08. The third-order valence-electron chi connectivity index (χ3n) is 5.27. The third-order valence-corrected chi connectivity index (χ3v) is 7.28. The van der Waals surface area contributed by atoms with Gasteiger partial charge < -0.3 is 9.64 Å². The summed E-state index contributed by atoms with van der Waals surface area (Å²) >= 11 is 0. The molecule has 2 fully saturated rings. The Hall–Kier alpha value is -1.11. The molecule has 132 valence electrons. The molecule has 0 amide bonds. The van der Waals surface area contributed by atoms with E-state index in [2.05, 4.69) is 27.8 Å². The maximum Gasteiger partial charge on any atom is 0.214 e. The van der Waals surface area contributed by atoms with E-state index < -0.39 is 10.0 Å². The van der Waals surface area contributed by atoms with E-state index in [0.717, 1.165) is 70.5 Å². The number of nitrogens with one attached hydrogen (secondary N) is 1. The van der Waals surface area contributed by atoms with Gasteiger partial charge in [-0.3, -0.25) is 0 Å². The molecule has 4 rings (SSSR count). The van der Waals surface area contributed by atoms with Crippen molar-refractivity contribution in [3.8, 4) is 5.75 Å². The number of ether oxygens (including phenoxy) is 1. The summed E-state index contributed by atoms with van der Waals surface area (Å²) in [5.41, 5.74) is 2.67. The lowest BCUT2D eigenvalue weighted by molar-refractivity contribution is 0.204. The molecular weight excluding hydrogens is 324 g/mol. The van der Waals surface area contributed by atoms with Gasteiger partial charge in [-0.25, -0.2) is 13.1 Å². The molecule has 6 heteroatoms. The number of nitrogens with zero attached hydrogens (tertiary/aromatic N) is 1. The highest BCUT2D eigenvalue weighted by atomic mass is 32.2. The number of fused-ring (bicyclic) bond motifs is 1. The largest absolute Gasteiger partial charge is 0.493 e. The molecule has 24 heavy (non-hydrogen) atoms. The lowest BCUT2D eigenvalue weighted by Crippen LogP contribution is -2.48. The van der Waals surface area contributed by atoms with Crippen molar-refractivity contribution < 1.29 is 13.2 Å². The Morgan fingerprint density at radius 2 is 2.12 bits per heavy atom. The highest BCUT2D eigenvalue weighted by Crippen LogP contribution is 2.28. The van der Waals surface area contributed by atoms with E-state index in [0.29, 0.717) is 0 Å². The fourth-order valence-corrected chi connectivity index (χ4v) is 5.35. The molecule has 2 aliphatic heterocycles. The zero-order valence-corrected chi connectivity index (χ0v) is 14.9. The first-order chi connectivity index (χ1) is 11.6. The van der Waals surface area contributed by atoms with Crippen LogP contribution in [0.3, 0.4) is 0 Å². The number of hydrogen-bond acceptors (Lipinski definition) is 4. The Bertz CT molecular complexity index is 700. The smallest absolute Gasteiger partial charge is 0.214 e. The van der Waals surface area contributed by atoms with Crippen LogP contribution in [-0.4, -0.2) is 50.9 Å². The number of rotatable bonds is 6. The lowest BCUT2D eigenvalue weighted by atomic mass is 10.0. The predicted octanol–water partition coefficient (Wildman–Crippen LogP) is 1.71. The summed E-state index contributed by atoms with van der Waals surface area (Å²) in [5, 5.41) is -0.124. The van der Waals surface area contributed by atoms with Gasteiger partial charge in [-0.05, 0) is 55.8 Å². The second kappa shape index (κ2) is 6.65. The van der Waals surface area contributed by atoms with Crippen molar-refractivity contribution in [2.24, 2.45) is 0 Å². The maximum atomic E-state index is 12.1. The summed E-state index contributed by atoms with van der Waals surface area (Å²) in [4.78, 5) is 2.40. The molecule has 1 unspecified atom stereocenters. The minimum atomic E-state index is -3.07. The summed E-state index contributed by atoms with van der Waals surface area (Å²) in [6.07, 6.45) is 5.70. The Morgan fingerprint density at radius 1 is 1.25 bits per heavy atom.